The molecule has 0 bridgehead atoms. The van der Waals surface area contributed by atoms with Crippen LogP contribution < -0.4 is 21.1 Å². The van der Waals surface area contributed by atoms with Crippen LogP contribution in [0.4, 0.5) is 17.1 Å². The fourth-order valence-electron chi connectivity index (χ4n) is 2.04. The first-order valence-electron chi connectivity index (χ1n) is 6.23. The van der Waals surface area contributed by atoms with Crippen molar-refractivity contribution in [2.75, 3.05) is 23.0 Å². The van der Waals surface area contributed by atoms with Crippen LogP contribution in [0.2, 0.25) is 0 Å². The third-order valence-corrected chi connectivity index (χ3v) is 2.91. The van der Waals surface area contributed by atoms with E-state index in [9.17, 15) is 4.79 Å². The summed E-state index contributed by atoms with van der Waals surface area (Å²) in [4.78, 5) is 11.3. The summed E-state index contributed by atoms with van der Waals surface area (Å²) in [7, 11) is 0. The molecule has 0 aromatic heterocycles. The molecule has 1 aliphatic rings. The number of hydrogen-bond acceptors (Lipinski definition) is 4. The Bertz CT molecular complexity index is 460. The summed E-state index contributed by atoms with van der Waals surface area (Å²) in [5.41, 5.74) is 8.11. The lowest BCUT2D eigenvalue weighted by Gasteiger charge is -2.22. The summed E-state index contributed by atoms with van der Waals surface area (Å²) in [6.07, 6.45) is 2.18. The molecule has 5 heteroatoms. The largest absolute Gasteiger partial charge is 0.482 e. The average Bonchev–Trinajstić information content (AvgIpc) is 2.31. The Balaban J connectivity index is 2.21. The molecule has 0 radical (unpaired) electrons. The Morgan fingerprint density at radius 2 is 2.33 bits per heavy atom. The minimum atomic E-state index is -0.139. The van der Waals surface area contributed by atoms with E-state index in [1.54, 1.807) is 6.07 Å². The molecule has 1 amide bonds. The maximum Gasteiger partial charge on any atom is 0.262 e. The van der Waals surface area contributed by atoms with Crippen LogP contribution >= 0.6 is 0 Å². The molecular weight excluding hydrogens is 230 g/mol. The monoisotopic (exact) mass is 249 g/mol. The quantitative estimate of drug-likeness (QED) is 0.715. The van der Waals surface area contributed by atoms with Crippen LogP contribution in [0, 0.1) is 0 Å². The number of carbonyl (C=O) groups excluding carboxylic acids is 1. The Labute approximate surface area is 107 Å². The number of nitrogens with one attached hydrogen (secondary N) is 2. The first-order valence-corrected chi connectivity index (χ1v) is 6.23. The van der Waals surface area contributed by atoms with Gasteiger partial charge >= 0.3 is 0 Å². The summed E-state index contributed by atoms with van der Waals surface area (Å²) in [5.74, 6) is 0.487. The van der Waals surface area contributed by atoms with Crippen LogP contribution in [-0.2, 0) is 4.79 Å². The van der Waals surface area contributed by atoms with Gasteiger partial charge in [-0.3, -0.25) is 4.79 Å². The molecule has 5 nitrogen and oxygen atoms in total. The maximum atomic E-state index is 11.3. The van der Waals surface area contributed by atoms with E-state index in [0.29, 0.717) is 23.2 Å². The van der Waals surface area contributed by atoms with Crippen LogP contribution in [0.3, 0.4) is 0 Å². The molecule has 0 fully saturated rings. The van der Waals surface area contributed by atoms with Crippen molar-refractivity contribution in [1.82, 2.24) is 0 Å². The number of fused-ring (bicyclic) bond motifs is 1. The van der Waals surface area contributed by atoms with E-state index < -0.39 is 0 Å². The standard InChI is InChI=1S/C13H19N3O2/c1-3-4-8(2)15-10-6-11-12(5-9(10)14)18-7-13(17)16-11/h5-6,8,15H,3-4,7,14H2,1-2H3,(H,16,17). The lowest BCUT2D eigenvalue weighted by atomic mass is 10.1. The zero-order chi connectivity index (χ0) is 13.1. The molecule has 98 valence electrons. The Hall–Kier alpha value is -1.91. The van der Waals surface area contributed by atoms with E-state index in [1.165, 1.54) is 0 Å². The van der Waals surface area contributed by atoms with Gasteiger partial charge in [0.15, 0.2) is 6.61 Å². The molecule has 1 heterocycles. The fraction of sp³-hybridized carbons (Fsp3) is 0.462. The maximum absolute atomic E-state index is 11.3. The number of anilines is 3. The average molecular weight is 249 g/mol. The lowest BCUT2D eigenvalue weighted by molar-refractivity contribution is -0.118. The van der Waals surface area contributed by atoms with Gasteiger partial charge in [-0.25, -0.2) is 0 Å². The minimum absolute atomic E-state index is 0.0471. The third-order valence-electron chi connectivity index (χ3n) is 2.91. The van der Waals surface area contributed by atoms with E-state index in [2.05, 4.69) is 24.5 Å². The van der Waals surface area contributed by atoms with Crippen LogP contribution in [0.15, 0.2) is 12.1 Å². The number of amides is 1. The topological polar surface area (TPSA) is 76.4 Å². The number of ether oxygens (including phenoxy) is 1. The van der Waals surface area contributed by atoms with Gasteiger partial charge in [0.2, 0.25) is 0 Å². The lowest BCUT2D eigenvalue weighted by Crippen LogP contribution is -2.26. The van der Waals surface area contributed by atoms with Crippen molar-refractivity contribution in [3.05, 3.63) is 12.1 Å². The molecule has 1 aliphatic heterocycles. The normalized spacial score (nSPS) is 15.3. The van der Waals surface area contributed by atoms with Gasteiger partial charge in [-0.1, -0.05) is 13.3 Å². The first-order chi connectivity index (χ1) is 8.60. The highest BCUT2D eigenvalue weighted by Gasteiger charge is 2.18. The summed E-state index contributed by atoms with van der Waals surface area (Å²) in [6.45, 7) is 4.30. The Morgan fingerprint density at radius 3 is 3.06 bits per heavy atom. The smallest absolute Gasteiger partial charge is 0.262 e. The zero-order valence-electron chi connectivity index (χ0n) is 10.7. The van der Waals surface area contributed by atoms with Crippen molar-refractivity contribution >= 4 is 23.0 Å². The van der Waals surface area contributed by atoms with Crippen molar-refractivity contribution in [2.24, 2.45) is 0 Å². The van der Waals surface area contributed by atoms with Gasteiger partial charge in [-0.2, -0.15) is 0 Å². The SMILES string of the molecule is CCCC(C)Nc1cc2c(cc1N)OCC(=O)N2. The molecule has 1 aromatic rings. The molecule has 4 N–H and O–H groups in total. The molecule has 1 aromatic carbocycles. The molecule has 1 atom stereocenters. The van der Waals surface area contributed by atoms with Gasteiger partial charge in [-0.15, -0.1) is 0 Å². The van der Waals surface area contributed by atoms with E-state index in [-0.39, 0.29) is 12.5 Å². The fourth-order valence-corrected chi connectivity index (χ4v) is 2.04. The molecule has 0 saturated heterocycles. The summed E-state index contributed by atoms with van der Waals surface area (Å²) in [6, 6.07) is 3.92. The second-order valence-electron chi connectivity index (χ2n) is 4.61. The van der Waals surface area contributed by atoms with Crippen LogP contribution in [0.1, 0.15) is 26.7 Å². The summed E-state index contributed by atoms with van der Waals surface area (Å²) in [5, 5.41) is 6.12. The predicted octanol–water partition coefficient (Wildman–Crippen LogP) is 2.20. The number of nitrogens with two attached hydrogens (primary N) is 1. The molecule has 0 spiro atoms. The third kappa shape index (κ3) is 2.67. The van der Waals surface area contributed by atoms with Gasteiger partial charge in [-0.05, 0) is 19.4 Å². The highest BCUT2D eigenvalue weighted by Crippen LogP contribution is 2.35. The zero-order valence-corrected chi connectivity index (χ0v) is 10.7. The molecule has 2 rings (SSSR count). The second kappa shape index (κ2) is 5.16. The number of rotatable bonds is 4. The van der Waals surface area contributed by atoms with E-state index in [0.717, 1.165) is 18.5 Å². The Morgan fingerprint density at radius 1 is 1.56 bits per heavy atom. The summed E-state index contributed by atoms with van der Waals surface area (Å²) >= 11 is 0. The van der Waals surface area contributed by atoms with Crippen molar-refractivity contribution in [3.8, 4) is 5.75 Å². The van der Waals surface area contributed by atoms with Gasteiger partial charge in [0.1, 0.15) is 5.75 Å². The number of nitrogen functional groups attached to an aromatic ring is 1. The van der Waals surface area contributed by atoms with Crippen LogP contribution in [0.25, 0.3) is 0 Å². The van der Waals surface area contributed by atoms with E-state index >= 15 is 0 Å². The molecule has 18 heavy (non-hydrogen) atoms. The minimum Gasteiger partial charge on any atom is -0.482 e. The van der Waals surface area contributed by atoms with Crippen molar-refractivity contribution in [1.29, 1.82) is 0 Å². The van der Waals surface area contributed by atoms with E-state index in [4.69, 9.17) is 10.5 Å². The molecule has 0 saturated carbocycles. The second-order valence-corrected chi connectivity index (χ2v) is 4.61. The van der Waals surface area contributed by atoms with Gasteiger partial charge < -0.3 is 21.1 Å². The highest BCUT2D eigenvalue weighted by atomic mass is 16.5. The van der Waals surface area contributed by atoms with Gasteiger partial charge in [0, 0.05) is 12.1 Å². The number of benzene rings is 1. The van der Waals surface area contributed by atoms with Crippen molar-refractivity contribution in [3.63, 3.8) is 0 Å². The summed E-state index contributed by atoms with van der Waals surface area (Å²) < 4.78 is 5.30. The highest BCUT2D eigenvalue weighted by molar-refractivity contribution is 5.97. The molecule has 0 aliphatic carbocycles. The van der Waals surface area contributed by atoms with Crippen LogP contribution in [0.5, 0.6) is 5.75 Å². The van der Waals surface area contributed by atoms with Crippen molar-refractivity contribution in [2.45, 2.75) is 32.7 Å². The molecular formula is C13H19N3O2. The number of carbonyl (C=O) groups is 1. The van der Waals surface area contributed by atoms with Crippen molar-refractivity contribution < 1.29 is 9.53 Å². The molecule has 1 unspecified atom stereocenters. The van der Waals surface area contributed by atoms with Gasteiger partial charge in [0.25, 0.3) is 5.91 Å². The predicted molar refractivity (Wildman–Crippen MR) is 73.0 cm³/mol. The van der Waals surface area contributed by atoms with Gasteiger partial charge in [0.05, 0.1) is 17.1 Å². The Kier molecular flexibility index (Phi) is 3.60. The van der Waals surface area contributed by atoms with E-state index in [1.807, 2.05) is 6.07 Å². The van der Waals surface area contributed by atoms with Crippen LogP contribution in [-0.4, -0.2) is 18.6 Å². The first kappa shape index (κ1) is 12.5. The number of hydrogen-bond donors (Lipinski definition) is 3.